The summed E-state index contributed by atoms with van der Waals surface area (Å²) in [4.78, 5) is 41.2. The first-order valence-electron chi connectivity index (χ1n) is 9.43. The van der Waals surface area contributed by atoms with E-state index in [-0.39, 0.29) is 30.1 Å². The van der Waals surface area contributed by atoms with Crippen molar-refractivity contribution in [1.82, 2.24) is 15.1 Å². The molecule has 8 heteroatoms. The molecule has 2 bridgehead atoms. The van der Waals surface area contributed by atoms with Gasteiger partial charge in [-0.3, -0.25) is 14.4 Å². The molecule has 4 aliphatic rings. The molecule has 4 aliphatic heterocycles. The Morgan fingerprint density at radius 2 is 2.07 bits per heavy atom. The molecule has 1 spiro atoms. The summed E-state index contributed by atoms with van der Waals surface area (Å²) >= 11 is 0. The fourth-order valence-electron chi connectivity index (χ4n) is 4.84. The number of hydrogen-bond donors (Lipinski definition) is 1. The van der Waals surface area contributed by atoms with E-state index in [0.717, 1.165) is 5.56 Å². The lowest BCUT2D eigenvalue weighted by Crippen LogP contribution is -2.54. The van der Waals surface area contributed by atoms with E-state index in [1.165, 1.54) is 17.0 Å². The van der Waals surface area contributed by atoms with Crippen LogP contribution in [0.4, 0.5) is 4.39 Å². The second kappa shape index (κ2) is 6.13. The number of hydrogen-bond acceptors (Lipinski definition) is 4. The van der Waals surface area contributed by atoms with Gasteiger partial charge in [0, 0.05) is 19.6 Å². The third kappa shape index (κ3) is 2.55. The van der Waals surface area contributed by atoms with E-state index < -0.39 is 23.5 Å². The molecule has 28 heavy (non-hydrogen) atoms. The van der Waals surface area contributed by atoms with E-state index in [9.17, 15) is 18.8 Å². The Morgan fingerprint density at radius 1 is 1.29 bits per heavy atom. The van der Waals surface area contributed by atoms with Crippen molar-refractivity contribution in [3.63, 3.8) is 0 Å². The average molecular weight is 385 g/mol. The molecule has 7 nitrogen and oxygen atoms in total. The van der Waals surface area contributed by atoms with Crippen LogP contribution in [0.25, 0.3) is 0 Å². The summed E-state index contributed by atoms with van der Waals surface area (Å²) < 4.78 is 19.3. The van der Waals surface area contributed by atoms with Crippen LogP contribution in [0.1, 0.15) is 5.56 Å². The SMILES string of the molecule is O=C1CN(C(=O)[C@H]2[C@@H]3C=C[C@@]4(CN(Cc5ccc(F)cc5)C(=O)[C@H]24)O3)CCN1. The Bertz CT molecular complexity index is 886. The van der Waals surface area contributed by atoms with Gasteiger partial charge in [-0.1, -0.05) is 24.3 Å². The zero-order chi connectivity index (χ0) is 19.5. The largest absolute Gasteiger partial charge is 0.360 e. The lowest BCUT2D eigenvalue weighted by Gasteiger charge is -2.32. The second-order valence-electron chi connectivity index (χ2n) is 7.83. The number of amides is 3. The fourth-order valence-corrected chi connectivity index (χ4v) is 4.84. The number of carbonyl (C=O) groups excluding carboxylic acids is 3. The van der Waals surface area contributed by atoms with Gasteiger partial charge in [0.1, 0.15) is 11.4 Å². The van der Waals surface area contributed by atoms with Crippen LogP contribution in [-0.4, -0.2) is 65.4 Å². The van der Waals surface area contributed by atoms with Gasteiger partial charge in [-0.15, -0.1) is 0 Å². The molecule has 0 unspecified atom stereocenters. The predicted molar refractivity (Wildman–Crippen MR) is 95.1 cm³/mol. The van der Waals surface area contributed by atoms with Gasteiger partial charge in [-0.2, -0.15) is 0 Å². The van der Waals surface area contributed by atoms with Crippen molar-refractivity contribution in [3.8, 4) is 0 Å². The van der Waals surface area contributed by atoms with E-state index in [4.69, 9.17) is 4.74 Å². The Balaban J connectivity index is 1.38. The molecule has 4 heterocycles. The average Bonchev–Trinajstić information content (AvgIpc) is 3.31. The Hall–Kier alpha value is -2.74. The molecule has 1 N–H and O–H groups in total. The van der Waals surface area contributed by atoms with Crippen molar-refractivity contribution in [3.05, 3.63) is 47.8 Å². The highest BCUT2D eigenvalue weighted by Crippen LogP contribution is 2.52. The van der Waals surface area contributed by atoms with E-state index in [1.54, 1.807) is 17.0 Å². The molecule has 146 valence electrons. The van der Waals surface area contributed by atoms with E-state index in [0.29, 0.717) is 26.2 Å². The minimum absolute atomic E-state index is 0.0129. The molecule has 0 aromatic heterocycles. The Kier molecular flexibility index (Phi) is 3.80. The summed E-state index contributed by atoms with van der Waals surface area (Å²) in [5.41, 5.74) is 0.0281. The van der Waals surface area contributed by atoms with Crippen LogP contribution in [0.2, 0.25) is 0 Å². The Morgan fingerprint density at radius 3 is 2.82 bits per heavy atom. The van der Waals surface area contributed by atoms with Crippen LogP contribution < -0.4 is 5.32 Å². The summed E-state index contributed by atoms with van der Waals surface area (Å²) in [6, 6.07) is 6.03. The van der Waals surface area contributed by atoms with Crippen LogP contribution in [0.3, 0.4) is 0 Å². The summed E-state index contributed by atoms with van der Waals surface area (Å²) in [7, 11) is 0. The van der Waals surface area contributed by atoms with Gasteiger partial charge in [0.15, 0.2) is 0 Å². The third-order valence-corrected chi connectivity index (χ3v) is 6.10. The number of nitrogens with zero attached hydrogens (tertiary/aromatic N) is 2. The number of nitrogens with one attached hydrogen (secondary N) is 1. The van der Waals surface area contributed by atoms with Crippen molar-refractivity contribution in [2.75, 3.05) is 26.2 Å². The molecule has 1 aromatic rings. The van der Waals surface area contributed by atoms with Crippen molar-refractivity contribution in [2.45, 2.75) is 18.2 Å². The van der Waals surface area contributed by atoms with Crippen molar-refractivity contribution in [2.24, 2.45) is 11.8 Å². The molecule has 3 saturated heterocycles. The highest BCUT2D eigenvalue weighted by Gasteiger charge is 2.67. The first kappa shape index (κ1) is 17.4. The summed E-state index contributed by atoms with van der Waals surface area (Å²) in [5.74, 6) is -2.04. The minimum Gasteiger partial charge on any atom is -0.360 e. The lowest BCUT2D eigenvalue weighted by atomic mass is 9.76. The number of piperazine rings is 1. The van der Waals surface area contributed by atoms with Crippen LogP contribution in [0.5, 0.6) is 0 Å². The van der Waals surface area contributed by atoms with Crippen LogP contribution >= 0.6 is 0 Å². The van der Waals surface area contributed by atoms with E-state index in [1.807, 2.05) is 12.2 Å². The normalized spacial score (nSPS) is 33.4. The standard InChI is InChI=1S/C20H20FN3O4/c21-13-3-1-12(2-4-13)9-24-11-20-6-5-14(28-20)16(17(20)19(24)27)18(26)23-8-7-22-15(25)10-23/h1-6,14,16-17H,7-11H2,(H,22,25)/t14-,16-,17-,20-/m0/s1. The fraction of sp³-hybridized carbons (Fsp3) is 0.450. The number of benzene rings is 1. The van der Waals surface area contributed by atoms with Gasteiger partial charge in [0.05, 0.1) is 31.0 Å². The number of halogens is 1. The molecule has 4 atom stereocenters. The molecular formula is C20H20FN3O4. The quantitative estimate of drug-likeness (QED) is 0.747. The number of fused-ring (bicyclic) bond motifs is 1. The zero-order valence-electron chi connectivity index (χ0n) is 15.1. The van der Waals surface area contributed by atoms with Crippen LogP contribution in [0, 0.1) is 17.7 Å². The summed E-state index contributed by atoms with van der Waals surface area (Å²) in [6.07, 6.45) is 3.33. The predicted octanol–water partition coefficient (Wildman–Crippen LogP) is 0.0661. The second-order valence-corrected chi connectivity index (χ2v) is 7.83. The maximum absolute atomic E-state index is 13.2. The topological polar surface area (TPSA) is 79.0 Å². The van der Waals surface area contributed by atoms with Crippen molar-refractivity contribution in [1.29, 1.82) is 0 Å². The molecule has 1 aromatic carbocycles. The highest BCUT2D eigenvalue weighted by atomic mass is 19.1. The summed E-state index contributed by atoms with van der Waals surface area (Å²) in [6.45, 7) is 1.57. The van der Waals surface area contributed by atoms with Gasteiger partial charge >= 0.3 is 0 Å². The third-order valence-electron chi connectivity index (χ3n) is 6.10. The molecule has 5 rings (SSSR count). The maximum Gasteiger partial charge on any atom is 0.239 e. The molecular weight excluding hydrogens is 365 g/mol. The van der Waals surface area contributed by atoms with Crippen molar-refractivity contribution < 1.29 is 23.5 Å². The van der Waals surface area contributed by atoms with E-state index >= 15 is 0 Å². The molecule has 0 radical (unpaired) electrons. The van der Waals surface area contributed by atoms with Crippen LogP contribution in [-0.2, 0) is 25.7 Å². The Labute approximate surface area is 161 Å². The molecule has 0 aliphatic carbocycles. The van der Waals surface area contributed by atoms with Gasteiger partial charge < -0.3 is 19.9 Å². The van der Waals surface area contributed by atoms with Crippen LogP contribution in [0.15, 0.2) is 36.4 Å². The lowest BCUT2D eigenvalue weighted by molar-refractivity contribution is -0.146. The number of carbonyl (C=O) groups is 3. The van der Waals surface area contributed by atoms with Gasteiger partial charge in [0.2, 0.25) is 17.7 Å². The number of ether oxygens (including phenoxy) is 1. The van der Waals surface area contributed by atoms with E-state index in [2.05, 4.69) is 5.32 Å². The monoisotopic (exact) mass is 385 g/mol. The zero-order valence-corrected chi connectivity index (χ0v) is 15.1. The maximum atomic E-state index is 13.2. The van der Waals surface area contributed by atoms with Gasteiger partial charge in [-0.05, 0) is 17.7 Å². The smallest absolute Gasteiger partial charge is 0.239 e. The van der Waals surface area contributed by atoms with Crippen molar-refractivity contribution >= 4 is 17.7 Å². The van der Waals surface area contributed by atoms with Gasteiger partial charge in [-0.25, -0.2) is 4.39 Å². The minimum atomic E-state index is -0.792. The molecule has 3 fully saturated rings. The first-order valence-corrected chi connectivity index (χ1v) is 9.43. The number of likely N-dealkylation sites (tertiary alicyclic amines) is 1. The number of rotatable bonds is 3. The highest BCUT2D eigenvalue weighted by molar-refractivity contribution is 5.94. The summed E-state index contributed by atoms with van der Waals surface area (Å²) in [5, 5.41) is 2.70. The molecule has 3 amide bonds. The first-order chi connectivity index (χ1) is 13.5. The van der Waals surface area contributed by atoms with Gasteiger partial charge in [0.25, 0.3) is 0 Å². The molecule has 0 saturated carbocycles.